The molecule has 0 aliphatic heterocycles. The van der Waals surface area contributed by atoms with Crippen LogP contribution in [0.2, 0.25) is 0 Å². The number of hydrogen-bond donors (Lipinski definition) is 2. The standard InChI is InChI=1S/C19H26N4S.HI/c1-3-20-19(23-16-9-10-17(12-16)24-2)22-13-15-7-4-6-14-8-5-11-21-18(14)15;/h4-8,11,16-17H,3,9-10,12-13H2,1-2H3,(H2,20,22,23);1H. The van der Waals surface area contributed by atoms with Gasteiger partial charge in [0.1, 0.15) is 0 Å². The second-order valence-corrected chi connectivity index (χ2v) is 7.34. The molecular formula is C19H27IN4S. The van der Waals surface area contributed by atoms with Gasteiger partial charge in [-0.25, -0.2) is 4.99 Å². The maximum absolute atomic E-state index is 4.80. The van der Waals surface area contributed by atoms with Gasteiger partial charge in [0.25, 0.3) is 0 Å². The topological polar surface area (TPSA) is 49.3 Å². The van der Waals surface area contributed by atoms with Crippen LogP contribution in [0, 0.1) is 0 Å². The summed E-state index contributed by atoms with van der Waals surface area (Å²) in [5.74, 6) is 0.914. The normalized spacial score (nSPS) is 20.3. The van der Waals surface area contributed by atoms with Crippen molar-refractivity contribution < 1.29 is 0 Å². The summed E-state index contributed by atoms with van der Waals surface area (Å²) in [6.07, 6.45) is 7.80. The van der Waals surface area contributed by atoms with Gasteiger partial charge in [-0.2, -0.15) is 11.8 Å². The molecule has 0 spiro atoms. The van der Waals surface area contributed by atoms with Crippen LogP contribution in [0.1, 0.15) is 31.7 Å². The van der Waals surface area contributed by atoms with Crippen LogP contribution in [0.5, 0.6) is 0 Å². The monoisotopic (exact) mass is 470 g/mol. The first-order valence-electron chi connectivity index (χ1n) is 8.70. The maximum Gasteiger partial charge on any atom is 0.191 e. The zero-order chi connectivity index (χ0) is 16.8. The molecule has 2 unspecified atom stereocenters. The van der Waals surface area contributed by atoms with E-state index in [4.69, 9.17) is 4.99 Å². The SMILES string of the molecule is CCNC(=NCc1cccc2cccnc12)NC1CCC(SC)C1.I. The van der Waals surface area contributed by atoms with Crippen molar-refractivity contribution in [2.24, 2.45) is 4.99 Å². The molecule has 6 heteroatoms. The van der Waals surface area contributed by atoms with Gasteiger partial charge in [-0.3, -0.25) is 4.98 Å². The molecule has 3 rings (SSSR count). The highest BCUT2D eigenvalue weighted by Crippen LogP contribution is 2.28. The molecule has 4 nitrogen and oxygen atoms in total. The number of guanidine groups is 1. The summed E-state index contributed by atoms with van der Waals surface area (Å²) in [6.45, 7) is 3.62. The van der Waals surface area contributed by atoms with Gasteiger partial charge in [0.15, 0.2) is 5.96 Å². The Morgan fingerprint density at radius 3 is 2.88 bits per heavy atom. The quantitative estimate of drug-likeness (QED) is 0.391. The fraction of sp³-hybridized carbons (Fsp3) is 0.474. The zero-order valence-corrected chi connectivity index (χ0v) is 18.0. The highest BCUT2D eigenvalue weighted by molar-refractivity contribution is 14.0. The summed E-state index contributed by atoms with van der Waals surface area (Å²) < 4.78 is 0. The Hall–Kier alpha value is -1.02. The number of fused-ring (bicyclic) bond motifs is 1. The lowest BCUT2D eigenvalue weighted by Crippen LogP contribution is -2.42. The molecule has 0 amide bonds. The Morgan fingerprint density at radius 2 is 2.12 bits per heavy atom. The molecule has 2 atom stereocenters. The van der Waals surface area contributed by atoms with Gasteiger partial charge in [-0.15, -0.1) is 24.0 Å². The van der Waals surface area contributed by atoms with Gasteiger partial charge in [0.05, 0.1) is 12.1 Å². The summed E-state index contributed by atoms with van der Waals surface area (Å²) in [5.41, 5.74) is 2.21. The van der Waals surface area contributed by atoms with Crippen LogP contribution in [0.25, 0.3) is 10.9 Å². The number of rotatable bonds is 5. The molecule has 25 heavy (non-hydrogen) atoms. The van der Waals surface area contributed by atoms with Gasteiger partial charge in [-0.05, 0) is 44.1 Å². The van der Waals surface area contributed by atoms with Crippen LogP contribution in [-0.2, 0) is 6.54 Å². The number of nitrogens with one attached hydrogen (secondary N) is 2. The molecule has 1 aliphatic rings. The summed E-state index contributed by atoms with van der Waals surface area (Å²) in [7, 11) is 0. The molecule has 1 aromatic carbocycles. The van der Waals surface area contributed by atoms with Crippen LogP contribution < -0.4 is 10.6 Å². The van der Waals surface area contributed by atoms with Crippen molar-refractivity contribution >= 4 is 52.6 Å². The first-order chi connectivity index (χ1) is 11.8. The molecule has 0 radical (unpaired) electrons. The number of halogens is 1. The molecular weight excluding hydrogens is 443 g/mol. The molecule has 136 valence electrons. The van der Waals surface area contributed by atoms with Crippen molar-refractivity contribution in [1.29, 1.82) is 0 Å². The average molecular weight is 470 g/mol. The minimum absolute atomic E-state index is 0. The van der Waals surface area contributed by atoms with Crippen molar-refractivity contribution in [3.63, 3.8) is 0 Å². The summed E-state index contributed by atoms with van der Waals surface area (Å²) >= 11 is 1.98. The van der Waals surface area contributed by atoms with E-state index in [1.807, 2.05) is 24.0 Å². The van der Waals surface area contributed by atoms with E-state index in [2.05, 4.69) is 53.1 Å². The van der Waals surface area contributed by atoms with Gasteiger partial charge in [0, 0.05) is 29.4 Å². The van der Waals surface area contributed by atoms with E-state index in [1.165, 1.54) is 30.2 Å². The summed E-state index contributed by atoms with van der Waals surface area (Å²) in [6, 6.07) is 10.9. The third kappa shape index (κ3) is 5.48. The highest BCUT2D eigenvalue weighted by Gasteiger charge is 2.24. The summed E-state index contributed by atoms with van der Waals surface area (Å²) in [5, 5.41) is 8.93. The van der Waals surface area contributed by atoms with Crippen LogP contribution in [0.15, 0.2) is 41.5 Å². The second-order valence-electron chi connectivity index (χ2n) is 6.20. The highest BCUT2D eigenvalue weighted by atomic mass is 127. The lowest BCUT2D eigenvalue weighted by Gasteiger charge is -2.17. The number of para-hydroxylation sites is 1. The predicted octanol–water partition coefficient (Wildman–Crippen LogP) is 4.19. The van der Waals surface area contributed by atoms with Crippen molar-refractivity contribution in [2.45, 2.75) is 44.0 Å². The van der Waals surface area contributed by atoms with Crippen molar-refractivity contribution in [1.82, 2.24) is 15.6 Å². The average Bonchev–Trinajstić information content (AvgIpc) is 3.07. The van der Waals surface area contributed by atoms with Crippen LogP contribution in [0.4, 0.5) is 0 Å². The summed E-state index contributed by atoms with van der Waals surface area (Å²) in [4.78, 5) is 9.31. The number of pyridine rings is 1. The van der Waals surface area contributed by atoms with Gasteiger partial charge in [-0.1, -0.05) is 24.3 Å². The number of benzene rings is 1. The number of aliphatic imine (C=N–C) groups is 1. The van der Waals surface area contributed by atoms with E-state index in [1.54, 1.807) is 0 Å². The molecule has 1 heterocycles. The number of nitrogens with zero attached hydrogens (tertiary/aromatic N) is 2. The Bertz CT molecular complexity index is 701. The second kappa shape index (κ2) is 10.2. The van der Waals surface area contributed by atoms with Crippen molar-refractivity contribution in [3.05, 3.63) is 42.1 Å². The van der Waals surface area contributed by atoms with E-state index >= 15 is 0 Å². The Kier molecular flexibility index (Phi) is 8.29. The fourth-order valence-electron chi connectivity index (χ4n) is 3.26. The first-order valence-corrected chi connectivity index (χ1v) is 9.99. The van der Waals surface area contributed by atoms with Crippen molar-refractivity contribution in [3.8, 4) is 0 Å². The largest absolute Gasteiger partial charge is 0.357 e. The zero-order valence-electron chi connectivity index (χ0n) is 14.9. The predicted molar refractivity (Wildman–Crippen MR) is 120 cm³/mol. The molecule has 2 N–H and O–H groups in total. The molecule has 1 aromatic heterocycles. The number of thioether (sulfide) groups is 1. The molecule has 1 saturated carbocycles. The third-order valence-corrected chi connectivity index (χ3v) is 5.62. The Morgan fingerprint density at radius 1 is 1.28 bits per heavy atom. The Labute approximate surface area is 171 Å². The molecule has 1 fully saturated rings. The molecule has 1 aliphatic carbocycles. The fourth-order valence-corrected chi connectivity index (χ4v) is 4.05. The van der Waals surface area contributed by atoms with E-state index in [0.717, 1.165) is 23.3 Å². The van der Waals surface area contributed by atoms with Crippen molar-refractivity contribution in [2.75, 3.05) is 12.8 Å². The lowest BCUT2D eigenvalue weighted by molar-refractivity contribution is 0.615. The lowest BCUT2D eigenvalue weighted by atomic mass is 10.1. The van der Waals surface area contributed by atoms with E-state index in [9.17, 15) is 0 Å². The van der Waals surface area contributed by atoms with E-state index in [0.29, 0.717) is 12.6 Å². The van der Waals surface area contributed by atoms with Gasteiger partial charge < -0.3 is 10.6 Å². The van der Waals surface area contributed by atoms with Crippen LogP contribution in [-0.4, -0.2) is 35.0 Å². The number of aromatic nitrogens is 1. The van der Waals surface area contributed by atoms with Gasteiger partial charge in [0.2, 0.25) is 0 Å². The first kappa shape index (κ1) is 20.3. The minimum atomic E-state index is 0. The van der Waals surface area contributed by atoms with E-state index in [-0.39, 0.29) is 24.0 Å². The van der Waals surface area contributed by atoms with Crippen LogP contribution in [0.3, 0.4) is 0 Å². The molecule has 0 bridgehead atoms. The maximum atomic E-state index is 4.80. The Balaban J connectivity index is 0.00000225. The van der Waals surface area contributed by atoms with Crippen LogP contribution >= 0.6 is 35.7 Å². The van der Waals surface area contributed by atoms with Gasteiger partial charge >= 0.3 is 0 Å². The molecule has 2 aromatic rings. The third-order valence-electron chi connectivity index (χ3n) is 4.53. The number of hydrogen-bond acceptors (Lipinski definition) is 3. The molecule has 0 saturated heterocycles. The van der Waals surface area contributed by atoms with E-state index < -0.39 is 0 Å². The minimum Gasteiger partial charge on any atom is -0.357 e. The smallest absolute Gasteiger partial charge is 0.191 e.